The van der Waals surface area contributed by atoms with Crippen LogP contribution in [0.1, 0.15) is 49.1 Å². The molecule has 8 heteroatoms. The lowest BCUT2D eigenvalue weighted by molar-refractivity contribution is -0.140. The number of carboxylic acids is 1. The molecule has 0 aliphatic heterocycles. The van der Waals surface area contributed by atoms with Gasteiger partial charge in [-0.05, 0) is 35.1 Å². The summed E-state index contributed by atoms with van der Waals surface area (Å²) in [6, 6.07) is 16.2. The molecule has 180 valence electrons. The van der Waals surface area contributed by atoms with Gasteiger partial charge in [-0.2, -0.15) is 0 Å². The fraction of sp³-hybridized carbons (Fsp3) is 0.423. The SMILES string of the molecule is COC(CNC(=O)OCC1c2ccccc2-c2ccccc21)C(=O)NC1(CC(=O)O)CCCC1. The van der Waals surface area contributed by atoms with Gasteiger partial charge >= 0.3 is 12.1 Å². The topological polar surface area (TPSA) is 114 Å². The summed E-state index contributed by atoms with van der Waals surface area (Å²) in [4.78, 5) is 36.4. The fourth-order valence-electron chi connectivity index (χ4n) is 5.14. The second kappa shape index (κ2) is 10.3. The van der Waals surface area contributed by atoms with E-state index in [0.717, 1.165) is 35.1 Å². The number of amides is 2. The Balaban J connectivity index is 1.32. The maximum atomic E-state index is 12.7. The first-order valence-electron chi connectivity index (χ1n) is 11.6. The maximum absolute atomic E-state index is 12.7. The van der Waals surface area contributed by atoms with Crippen LogP contribution in [0.25, 0.3) is 11.1 Å². The van der Waals surface area contributed by atoms with E-state index in [4.69, 9.17) is 9.47 Å². The third kappa shape index (κ3) is 5.07. The number of aliphatic carboxylic acids is 1. The van der Waals surface area contributed by atoms with Gasteiger partial charge in [-0.1, -0.05) is 61.4 Å². The van der Waals surface area contributed by atoms with E-state index >= 15 is 0 Å². The number of hydrogen-bond donors (Lipinski definition) is 3. The summed E-state index contributed by atoms with van der Waals surface area (Å²) in [5.74, 6) is -1.45. The molecule has 2 aliphatic rings. The molecule has 0 heterocycles. The van der Waals surface area contributed by atoms with Crippen LogP contribution in [0, 0.1) is 0 Å². The molecule has 0 saturated heterocycles. The molecule has 4 rings (SSSR count). The van der Waals surface area contributed by atoms with Gasteiger partial charge in [0.2, 0.25) is 0 Å². The summed E-state index contributed by atoms with van der Waals surface area (Å²) < 4.78 is 10.8. The molecule has 2 aliphatic carbocycles. The van der Waals surface area contributed by atoms with Crippen molar-refractivity contribution < 1.29 is 29.0 Å². The number of benzene rings is 2. The van der Waals surface area contributed by atoms with Crippen molar-refractivity contribution >= 4 is 18.0 Å². The van der Waals surface area contributed by atoms with Crippen LogP contribution in [0.4, 0.5) is 4.79 Å². The van der Waals surface area contributed by atoms with Crippen molar-refractivity contribution in [3.63, 3.8) is 0 Å². The minimum Gasteiger partial charge on any atom is -0.481 e. The van der Waals surface area contributed by atoms with Crippen molar-refractivity contribution in [2.45, 2.75) is 49.7 Å². The van der Waals surface area contributed by atoms with Gasteiger partial charge in [0.15, 0.2) is 6.10 Å². The predicted molar refractivity (Wildman–Crippen MR) is 125 cm³/mol. The van der Waals surface area contributed by atoms with Gasteiger partial charge in [-0.25, -0.2) is 4.79 Å². The Bertz CT molecular complexity index is 1020. The molecule has 0 bridgehead atoms. The van der Waals surface area contributed by atoms with E-state index in [0.29, 0.717) is 12.8 Å². The van der Waals surface area contributed by atoms with Crippen molar-refractivity contribution in [3.05, 3.63) is 59.7 Å². The summed E-state index contributed by atoms with van der Waals surface area (Å²) in [5, 5.41) is 14.7. The van der Waals surface area contributed by atoms with Crippen molar-refractivity contribution in [1.29, 1.82) is 0 Å². The zero-order valence-corrected chi connectivity index (χ0v) is 19.2. The lowest BCUT2D eigenvalue weighted by Gasteiger charge is -2.30. The number of hydrogen-bond acceptors (Lipinski definition) is 5. The van der Waals surface area contributed by atoms with Gasteiger partial charge in [0.05, 0.1) is 18.5 Å². The lowest BCUT2D eigenvalue weighted by Crippen LogP contribution is -2.53. The number of fused-ring (bicyclic) bond motifs is 3. The van der Waals surface area contributed by atoms with Gasteiger partial charge in [0.25, 0.3) is 5.91 Å². The summed E-state index contributed by atoms with van der Waals surface area (Å²) in [5.41, 5.74) is 3.76. The average molecular weight is 467 g/mol. The number of ether oxygens (including phenoxy) is 2. The van der Waals surface area contributed by atoms with Crippen molar-refractivity contribution in [2.75, 3.05) is 20.3 Å². The molecule has 34 heavy (non-hydrogen) atoms. The standard InChI is InChI=1S/C26H30N2O6/c1-33-22(24(31)28-26(14-23(29)30)12-6-7-13-26)15-27-25(32)34-16-21-19-10-4-2-8-17(19)18-9-3-5-11-20(18)21/h2-5,8-11,21-22H,6-7,12-16H2,1H3,(H,27,32)(H,28,31)(H,29,30). The van der Waals surface area contributed by atoms with E-state index in [1.165, 1.54) is 7.11 Å². The Labute approximate surface area is 198 Å². The van der Waals surface area contributed by atoms with Crippen LogP contribution >= 0.6 is 0 Å². The quantitative estimate of drug-likeness (QED) is 0.522. The van der Waals surface area contributed by atoms with Crippen LogP contribution in [0.15, 0.2) is 48.5 Å². The maximum Gasteiger partial charge on any atom is 0.407 e. The van der Waals surface area contributed by atoms with E-state index < -0.39 is 29.6 Å². The van der Waals surface area contributed by atoms with Crippen molar-refractivity contribution in [1.82, 2.24) is 10.6 Å². The molecule has 0 radical (unpaired) electrons. The van der Waals surface area contributed by atoms with Gasteiger partial charge in [0, 0.05) is 13.0 Å². The van der Waals surface area contributed by atoms with E-state index in [2.05, 4.69) is 22.8 Å². The normalized spacial score (nSPS) is 16.9. The van der Waals surface area contributed by atoms with Gasteiger partial charge < -0.3 is 25.2 Å². The molecule has 1 saturated carbocycles. The van der Waals surface area contributed by atoms with Crippen LogP contribution < -0.4 is 10.6 Å². The van der Waals surface area contributed by atoms with Crippen LogP contribution in [0.5, 0.6) is 0 Å². The highest BCUT2D eigenvalue weighted by molar-refractivity contribution is 5.83. The number of alkyl carbamates (subject to hydrolysis) is 1. The summed E-state index contributed by atoms with van der Waals surface area (Å²) in [6.45, 7) is 0.0909. The number of carbonyl (C=O) groups excluding carboxylic acids is 2. The highest BCUT2D eigenvalue weighted by Gasteiger charge is 2.39. The Morgan fingerprint density at radius 1 is 1.03 bits per heavy atom. The number of nitrogens with one attached hydrogen (secondary N) is 2. The second-order valence-corrected chi connectivity index (χ2v) is 8.98. The Hall–Kier alpha value is -3.39. The molecule has 8 nitrogen and oxygen atoms in total. The molecular weight excluding hydrogens is 436 g/mol. The van der Waals surface area contributed by atoms with E-state index in [1.54, 1.807) is 0 Å². The van der Waals surface area contributed by atoms with Crippen LogP contribution in [0.3, 0.4) is 0 Å². The number of carbonyl (C=O) groups is 3. The van der Waals surface area contributed by atoms with E-state index in [1.807, 2.05) is 36.4 Å². The Morgan fingerprint density at radius 2 is 1.62 bits per heavy atom. The first-order valence-corrected chi connectivity index (χ1v) is 11.6. The smallest absolute Gasteiger partial charge is 0.407 e. The van der Waals surface area contributed by atoms with E-state index in [-0.39, 0.29) is 25.5 Å². The number of carboxylic acid groups (broad SMARTS) is 1. The molecule has 0 aromatic heterocycles. The summed E-state index contributed by atoms with van der Waals surface area (Å²) >= 11 is 0. The van der Waals surface area contributed by atoms with Gasteiger partial charge in [-0.3, -0.25) is 9.59 Å². The van der Waals surface area contributed by atoms with Crippen molar-refractivity contribution in [2.24, 2.45) is 0 Å². The number of methoxy groups -OCH3 is 1. The minimum atomic E-state index is -0.952. The van der Waals surface area contributed by atoms with Gasteiger partial charge in [0.1, 0.15) is 6.61 Å². The second-order valence-electron chi connectivity index (χ2n) is 8.98. The first kappa shape index (κ1) is 23.8. The average Bonchev–Trinajstić information content (AvgIpc) is 3.40. The Kier molecular flexibility index (Phi) is 7.17. The first-order chi connectivity index (χ1) is 16.4. The largest absolute Gasteiger partial charge is 0.481 e. The number of rotatable bonds is 9. The zero-order valence-electron chi connectivity index (χ0n) is 19.2. The third-order valence-corrected chi connectivity index (χ3v) is 6.79. The molecular formula is C26H30N2O6. The monoisotopic (exact) mass is 466 g/mol. The zero-order chi connectivity index (χ0) is 24.1. The van der Waals surface area contributed by atoms with E-state index in [9.17, 15) is 19.5 Å². The molecule has 1 unspecified atom stereocenters. The lowest BCUT2D eigenvalue weighted by atomic mass is 9.93. The summed E-state index contributed by atoms with van der Waals surface area (Å²) in [7, 11) is 1.38. The van der Waals surface area contributed by atoms with Crippen molar-refractivity contribution in [3.8, 4) is 11.1 Å². The summed E-state index contributed by atoms with van der Waals surface area (Å²) in [6.07, 6.45) is 1.23. The highest BCUT2D eigenvalue weighted by Crippen LogP contribution is 2.44. The predicted octanol–water partition coefficient (Wildman–Crippen LogP) is 3.44. The molecule has 0 spiro atoms. The molecule has 2 aromatic rings. The van der Waals surface area contributed by atoms with Crippen LogP contribution in [0.2, 0.25) is 0 Å². The Morgan fingerprint density at radius 3 is 2.18 bits per heavy atom. The minimum absolute atomic E-state index is 0.0575. The molecule has 2 aromatic carbocycles. The molecule has 1 fully saturated rings. The van der Waals surface area contributed by atoms with Crippen LogP contribution in [-0.2, 0) is 19.1 Å². The van der Waals surface area contributed by atoms with Crippen LogP contribution in [-0.4, -0.2) is 55.0 Å². The fourth-order valence-corrected chi connectivity index (χ4v) is 5.14. The molecule has 1 atom stereocenters. The molecule has 3 N–H and O–H groups in total. The third-order valence-electron chi connectivity index (χ3n) is 6.79. The highest BCUT2D eigenvalue weighted by atomic mass is 16.5. The van der Waals surface area contributed by atoms with Gasteiger partial charge in [-0.15, -0.1) is 0 Å². The molecule has 2 amide bonds.